The molecule has 1 aromatic heterocycles. The third kappa shape index (κ3) is 3.49. The van der Waals surface area contributed by atoms with E-state index in [0.717, 1.165) is 38.8 Å². The van der Waals surface area contributed by atoms with E-state index in [0.29, 0.717) is 6.54 Å². The number of rotatable bonds is 2. The Bertz CT molecular complexity index is 855. The number of carbonyl (C=O) groups excluding carboxylic acids is 1. The molecule has 1 amide bonds. The van der Waals surface area contributed by atoms with Crippen LogP contribution in [0.1, 0.15) is 46.2 Å². The van der Waals surface area contributed by atoms with Crippen LogP contribution in [0.2, 0.25) is 0 Å². The summed E-state index contributed by atoms with van der Waals surface area (Å²) < 4.78 is 0. The Morgan fingerprint density at radius 1 is 1.12 bits per heavy atom. The molecule has 1 aliphatic carbocycles. The molecule has 0 saturated carbocycles. The number of fused-ring (bicyclic) bond motifs is 2. The van der Waals surface area contributed by atoms with Crippen LogP contribution in [-0.4, -0.2) is 30.9 Å². The molecule has 0 radical (unpaired) electrons. The van der Waals surface area contributed by atoms with Gasteiger partial charge in [0.1, 0.15) is 0 Å². The zero-order valence-electron chi connectivity index (χ0n) is 15.6. The summed E-state index contributed by atoms with van der Waals surface area (Å²) in [5.74, 6) is 0.0350. The van der Waals surface area contributed by atoms with E-state index >= 15 is 0 Å². The van der Waals surface area contributed by atoms with Crippen molar-refractivity contribution in [2.24, 2.45) is 0 Å². The van der Waals surface area contributed by atoms with Crippen LogP contribution in [0.25, 0.3) is 5.57 Å². The van der Waals surface area contributed by atoms with Gasteiger partial charge in [0.15, 0.2) is 0 Å². The van der Waals surface area contributed by atoms with E-state index in [9.17, 15) is 4.79 Å². The predicted octanol–water partition coefficient (Wildman–Crippen LogP) is 4.01. The lowest BCUT2D eigenvalue weighted by Gasteiger charge is -2.27. The standard InChI is InChI=1S/C22H26N2OS/c1-15(25)23-14-19-13-18-8-7-16-5-3-4-6-20(16)21(22(18)26-19)17-9-11-24(2)12-10-17/h3-6,13H,7-12,14H2,1-2H3,(H,23,25). The molecule has 0 atom stereocenters. The summed E-state index contributed by atoms with van der Waals surface area (Å²) in [6, 6.07) is 11.2. The van der Waals surface area contributed by atoms with E-state index in [1.54, 1.807) is 12.5 Å². The highest BCUT2D eigenvalue weighted by Crippen LogP contribution is 2.42. The first-order chi connectivity index (χ1) is 12.6. The van der Waals surface area contributed by atoms with Crippen molar-refractivity contribution in [1.82, 2.24) is 10.2 Å². The van der Waals surface area contributed by atoms with E-state index < -0.39 is 0 Å². The Labute approximate surface area is 159 Å². The summed E-state index contributed by atoms with van der Waals surface area (Å²) in [5.41, 5.74) is 7.44. The molecular weight excluding hydrogens is 340 g/mol. The Morgan fingerprint density at radius 3 is 2.62 bits per heavy atom. The molecule has 1 aromatic carbocycles. The number of hydrogen-bond acceptors (Lipinski definition) is 3. The predicted molar refractivity (Wildman–Crippen MR) is 108 cm³/mol. The molecular formula is C22H26N2OS. The lowest BCUT2D eigenvalue weighted by Crippen LogP contribution is -2.26. The Morgan fingerprint density at radius 2 is 1.85 bits per heavy atom. The number of thiophene rings is 1. The van der Waals surface area contributed by atoms with Gasteiger partial charge in [-0.15, -0.1) is 11.3 Å². The highest BCUT2D eigenvalue weighted by Gasteiger charge is 2.25. The monoisotopic (exact) mass is 366 g/mol. The number of likely N-dealkylation sites (tertiary alicyclic amines) is 1. The molecule has 1 N–H and O–H groups in total. The van der Waals surface area contributed by atoms with E-state index in [2.05, 4.69) is 47.6 Å². The van der Waals surface area contributed by atoms with Crippen LogP contribution in [0.15, 0.2) is 35.9 Å². The summed E-state index contributed by atoms with van der Waals surface area (Å²) in [4.78, 5) is 16.4. The van der Waals surface area contributed by atoms with E-state index in [4.69, 9.17) is 0 Å². The van der Waals surface area contributed by atoms with Gasteiger partial charge in [-0.3, -0.25) is 4.79 Å². The third-order valence-corrected chi connectivity index (χ3v) is 6.69. The Hall–Kier alpha value is -1.91. The molecule has 1 saturated heterocycles. The maximum atomic E-state index is 11.3. The number of hydrogen-bond donors (Lipinski definition) is 1. The van der Waals surface area contributed by atoms with Crippen molar-refractivity contribution < 1.29 is 4.79 Å². The minimum Gasteiger partial charge on any atom is -0.351 e. The largest absolute Gasteiger partial charge is 0.351 e. The number of amides is 1. The van der Waals surface area contributed by atoms with Crippen LogP contribution in [0.5, 0.6) is 0 Å². The van der Waals surface area contributed by atoms with Crippen LogP contribution in [0.4, 0.5) is 0 Å². The first-order valence-electron chi connectivity index (χ1n) is 9.47. The smallest absolute Gasteiger partial charge is 0.217 e. The van der Waals surface area contributed by atoms with Crippen molar-refractivity contribution in [2.75, 3.05) is 20.1 Å². The zero-order valence-corrected chi connectivity index (χ0v) is 16.4. The van der Waals surface area contributed by atoms with E-state index in [-0.39, 0.29) is 5.91 Å². The Balaban J connectivity index is 1.80. The minimum absolute atomic E-state index is 0.0350. The summed E-state index contributed by atoms with van der Waals surface area (Å²) in [6.07, 6.45) is 4.48. The van der Waals surface area contributed by atoms with E-state index in [1.807, 2.05) is 11.3 Å². The molecule has 2 aromatic rings. The van der Waals surface area contributed by atoms with Gasteiger partial charge in [-0.25, -0.2) is 0 Å². The average molecular weight is 367 g/mol. The first-order valence-corrected chi connectivity index (χ1v) is 10.3. The quantitative estimate of drug-likeness (QED) is 0.871. The maximum Gasteiger partial charge on any atom is 0.217 e. The number of aryl methyl sites for hydroxylation is 2. The molecule has 0 bridgehead atoms. The van der Waals surface area contributed by atoms with Crippen molar-refractivity contribution in [1.29, 1.82) is 0 Å². The lowest BCUT2D eigenvalue weighted by atomic mass is 9.90. The molecule has 4 heteroatoms. The van der Waals surface area contributed by atoms with Crippen molar-refractivity contribution in [3.63, 3.8) is 0 Å². The minimum atomic E-state index is 0.0350. The van der Waals surface area contributed by atoms with Gasteiger partial charge >= 0.3 is 0 Å². The van der Waals surface area contributed by atoms with Crippen LogP contribution in [-0.2, 0) is 24.2 Å². The molecule has 0 unspecified atom stereocenters. The number of piperidine rings is 1. The summed E-state index contributed by atoms with van der Waals surface area (Å²) in [7, 11) is 2.21. The van der Waals surface area contributed by atoms with Gasteiger partial charge in [0, 0.05) is 29.8 Å². The van der Waals surface area contributed by atoms with Crippen LogP contribution in [0.3, 0.4) is 0 Å². The molecule has 4 rings (SSSR count). The molecule has 2 aliphatic rings. The van der Waals surface area contributed by atoms with Crippen molar-refractivity contribution in [3.05, 3.63) is 62.3 Å². The molecule has 0 spiro atoms. The molecule has 136 valence electrons. The maximum absolute atomic E-state index is 11.3. The summed E-state index contributed by atoms with van der Waals surface area (Å²) in [6.45, 7) is 4.50. The summed E-state index contributed by atoms with van der Waals surface area (Å²) >= 11 is 1.87. The number of nitrogens with one attached hydrogen (secondary N) is 1. The molecule has 1 aliphatic heterocycles. The van der Waals surface area contributed by atoms with Gasteiger partial charge in [-0.2, -0.15) is 0 Å². The number of benzene rings is 1. The molecule has 3 nitrogen and oxygen atoms in total. The number of carbonyl (C=O) groups is 1. The number of nitrogens with zero attached hydrogens (tertiary/aromatic N) is 1. The topological polar surface area (TPSA) is 32.3 Å². The van der Waals surface area contributed by atoms with Crippen LogP contribution < -0.4 is 5.32 Å². The fourth-order valence-electron chi connectivity index (χ4n) is 4.05. The molecule has 26 heavy (non-hydrogen) atoms. The van der Waals surface area contributed by atoms with Crippen molar-refractivity contribution >= 4 is 22.8 Å². The second kappa shape index (κ2) is 7.37. The second-order valence-corrected chi connectivity index (χ2v) is 8.55. The molecule has 2 heterocycles. The lowest BCUT2D eigenvalue weighted by molar-refractivity contribution is -0.119. The highest BCUT2D eigenvalue weighted by molar-refractivity contribution is 7.13. The Kier molecular flexibility index (Phi) is 4.96. The first kappa shape index (κ1) is 17.5. The third-order valence-electron chi connectivity index (χ3n) is 5.49. The van der Waals surface area contributed by atoms with Crippen LogP contribution >= 0.6 is 11.3 Å². The SMILES string of the molecule is CC(=O)NCc1cc2c(s1)C(=C1CCN(C)CC1)c1ccccc1CC2. The van der Waals surface area contributed by atoms with Gasteiger partial charge in [-0.05, 0) is 61.1 Å². The van der Waals surface area contributed by atoms with Crippen molar-refractivity contribution in [3.8, 4) is 0 Å². The average Bonchev–Trinajstić information content (AvgIpc) is 2.97. The second-order valence-electron chi connectivity index (χ2n) is 7.42. The zero-order chi connectivity index (χ0) is 18.1. The van der Waals surface area contributed by atoms with Gasteiger partial charge in [-0.1, -0.05) is 29.8 Å². The fourth-order valence-corrected chi connectivity index (χ4v) is 5.30. The molecule has 1 fully saturated rings. The summed E-state index contributed by atoms with van der Waals surface area (Å²) in [5, 5.41) is 2.95. The highest BCUT2D eigenvalue weighted by atomic mass is 32.1. The van der Waals surface area contributed by atoms with Gasteiger partial charge in [0.05, 0.1) is 6.54 Å². The van der Waals surface area contributed by atoms with Gasteiger partial charge < -0.3 is 10.2 Å². The van der Waals surface area contributed by atoms with Crippen LogP contribution in [0, 0.1) is 0 Å². The van der Waals surface area contributed by atoms with Gasteiger partial charge in [0.2, 0.25) is 5.91 Å². The fraction of sp³-hybridized carbons (Fsp3) is 0.409. The normalized spacial score (nSPS) is 17.5. The van der Waals surface area contributed by atoms with E-state index in [1.165, 1.54) is 32.0 Å². The van der Waals surface area contributed by atoms with Crippen molar-refractivity contribution in [2.45, 2.75) is 39.2 Å². The van der Waals surface area contributed by atoms with Gasteiger partial charge in [0.25, 0.3) is 0 Å².